The van der Waals surface area contributed by atoms with Gasteiger partial charge >= 0.3 is 0 Å². The number of allylic oxidation sites excluding steroid dienone is 2. The van der Waals surface area contributed by atoms with Crippen molar-refractivity contribution in [1.29, 1.82) is 0 Å². The maximum atomic E-state index is 14.0. The number of hydrogen-bond acceptors (Lipinski definition) is 5. The SMILES string of the molecule is COc1cncc(C2=CC3C(F)=CNC(=O)C3C(C)=N2)n1. The molecule has 0 saturated carbocycles. The van der Waals surface area contributed by atoms with Crippen molar-refractivity contribution in [1.82, 2.24) is 15.3 Å². The van der Waals surface area contributed by atoms with E-state index in [-0.39, 0.29) is 5.91 Å². The number of carbonyl (C=O) groups excluding carboxylic acids is 1. The van der Waals surface area contributed by atoms with Crippen LogP contribution in [0.4, 0.5) is 4.39 Å². The fourth-order valence-corrected chi connectivity index (χ4v) is 2.45. The number of amides is 1. The molecule has 1 aromatic heterocycles. The Hall–Kier alpha value is -2.57. The Labute approximate surface area is 120 Å². The first-order chi connectivity index (χ1) is 10.1. The molecule has 3 heterocycles. The molecule has 0 radical (unpaired) electrons. The number of hydrogen-bond donors (Lipinski definition) is 1. The zero-order valence-corrected chi connectivity index (χ0v) is 11.5. The molecule has 2 aliphatic heterocycles. The molecule has 108 valence electrons. The second kappa shape index (κ2) is 5.08. The van der Waals surface area contributed by atoms with Gasteiger partial charge in [-0.1, -0.05) is 0 Å². The lowest BCUT2D eigenvalue weighted by Gasteiger charge is -2.29. The summed E-state index contributed by atoms with van der Waals surface area (Å²) in [6.07, 6.45) is 5.69. The fourth-order valence-electron chi connectivity index (χ4n) is 2.45. The van der Waals surface area contributed by atoms with Gasteiger partial charge in [-0.25, -0.2) is 9.37 Å². The third-order valence-electron chi connectivity index (χ3n) is 3.48. The van der Waals surface area contributed by atoms with E-state index in [2.05, 4.69) is 20.3 Å². The molecule has 1 amide bonds. The van der Waals surface area contributed by atoms with E-state index >= 15 is 0 Å². The summed E-state index contributed by atoms with van der Waals surface area (Å²) in [4.78, 5) is 24.4. The largest absolute Gasteiger partial charge is 0.480 e. The summed E-state index contributed by atoms with van der Waals surface area (Å²) in [6.45, 7) is 1.70. The normalized spacial score (nSPS) is 24.3. The summed E-state index contributed by atoms with van der Waals surface area (Å²) < 4.78 is 19.0. The van der Waals surface area contributed by atoms with Gasteiger partial charge in [0, 0.05) is 17.8 Å². The molecule has 2 atom stereocenters. The van der Waals surface area contributed by atoms with Crippen LogP contribution < -0.4 is 10.1 Å². The second-order valence-corrected chi connectivity index (χ2v) is 4.79. The fraction of sp³-hybridized carbons (Fsp3) is 0.286. The Morgan fingerprint density at radius 2 is 2.19 bits per heavy atom. The van der Waals surface area contributed by atoms with Crippen LogP contribution in [-0.4, -0.2) is 28.7 Å². The first-order valence-corrected chi connectivity index (χ1v) is 6.39. The van der Waals surface area contributed by atoms with Gasteiger partial charge in [0.05, 0.1) is 31.1 Å². The van der Waals surface area contributed by atoms with Crippen LogP contribution in [0.15, 0.2) is 35.5 Å². The lowest BCUT2D eigenvalue weighted by molar-refractivity contribution is -0.123. The van der Waals surface area contributed by atoms with Crippen LogP contribution in [0.5, 0.6) is 5.88 Å². The molecule has 0 saturated heterocycles. The Morgan fingerprint density at radius 1 is 1.38 bits per heavy atom. The molecule has 1 N–H and O–H groups in total. The third-order valence-corrected chi connectivity index (χ3v) is 3.48. The van der Waals surface area contributed by atoms with Crippen LogP contribution in [-0.2, 0) is 4.79 Å². The molecule has 0 bridgehead atoms. The van der Waals surface area contributed by atoms with Gasteiger partial charge in [-0.3, -0.25) is 14.8 Å². The molecule has 3 rings (SSSR count). The molecule has 2 aliphatic rings. The zero-order chi connectivity index (χ0) is 15.0. The summed E-state index contributed by atoms with van der Waals surface area (Å²) >= 11 is 0. The number of methoxy groups -OCH3 is 1. The average Bonchev–Trinajstić information content (AvgIpc) is 2.50. The molecule has 2 unspecified atom stereocenters. The van der Waals surface area contributed by atoms with E-state index in [0.29, 0.717) is 23.0 Å². The average molecular weight is 288 g/mol. The predicted molar refractivity (Wildman–Crippen MR) is 74.0 cm³/mol. The van der Waals surface area contributed by atoms with Gasteiger partial charge in [0.2, 0.25) is 11.8 Å². The molecule has 6 nitrogen and oxygen atoms in total. The van der Waals surface area contributed by atoms with Crippen LogP contribution in [0.3, 0.4) is 0 Å². The molecular formula is C14H13FN4O2. The maximum absolute atomic E-state index is 14.0. The minimum absolute atomic E-state index is 0.255. The van der Waals surface area contributed by atoms with E-state index in [9.17, 15) is 9.18 Å². The topological polar surface area (TPSA) is 76.5 Å². The quantitative estimate of drug-likeness (QED) is 0.894. The molecule has 21 heavy (non-hydrogen) atoms. The van der Waals surface area contributed by atoms with Crippen LogP contribution in [0.2, 0.25) is 0 Å². The third kappa shape index (κ3) is 2.31. The van der Waals surface area contributed by atoms with E-state index in [1.807, 2.05) is 0 Å². The van der Waals surface area contributed by atoms with Gasteiger partial charge < -0.3 is 10.1 Å². The van der Waals surface area contributed by atoms with Crippen molar-refractivity contribution in [3.8, 4) is 5.88 Å². The molecule has 0 aromatic carbocycles. The first-order valence-electron chi connectivity index (χ1n) is 6.39. The molecular weight excluding hydrogens is 275 g/mol. The monoisotopic (exact) mass is 288 g/mol. The van der Waals surface area contributed by atoms with Gasteiger partial charge in [-0.2, -0.15) is 0 Å². The number of rotatable bonds is 2. The highest BCUT2D eigenvalue weighted by Crippen LogP contribution is 2.35. The van der Waals surface area contributed by atoms with E-state index in [4.69, 9.17) is 4.74 Å². The Bertz CT molecular complexity index is 696. The van der Waals surface area contributed by atoms with Crippen LogP contribution in [0.25, 0.3) is 5.70 Å². The van der Waals surface area contributed by atoms with Crippen molar-refractivity contribution in [2.24, 2.45) is 16.8 Å². The van der Waals surface area contributed by atoms with Crippen molar-refractivity contribution >= 4 is 17.3 Å². The molecule has 0 spiro atoms. The van der Waals surface area contributed by atoms with E-state index in [1.165, 1.54) is 19.5 Å². The Balaban J connectivity index is 2.04. The lowest BCUT2D eigenvalue weighted by Crippen LogP contribution is -2.41. The summed E-state index contributed by atoms with van der Waals surface area (Å²) in [5.41, 5.74) is 1.51. The van der Waals surface area contributed by atoms with Crippen molar-refractivity contribution in [3.05, 3.63) is 36.2 Å². The minimum atomic E-state index is -0.653. The van der Waals surface area contributed by atoms with Crippen molar-refractivity contribution < 1.29 is 13.9 Å². The van der Waals surface area contributed by atoms with Gasteiger partial charge in [-0.05, 0) is 13.0 Å². The molecule has 7 heteroatoms. The zero-order valence-electron chi connectivity index (χ0n) is 11.5. The van der Waals surface area contributed by atoms with Crippen molar-refractivity contribution in [2.45, 2.75) is 6.92 Å². The lowest BCUT2D eigenvalue weighted by atomic mass is 9.82. The minimum Gasteiger partial charge on any atom is -0.480 e. The number of ether oxygens (including phenoxy) is 1. The summed E-state index contributed by atoms with van der Waals surface area (Å²) in [7, 11) is 1.49. The number of carbonyl (C=O) groups is 1. The number of aliphatic imine (C=N–C) groups is 1. The number of halogens is 1. The summed E-state index contributed by atoms with van der Waals surface area (Å²) in [5.74, 6) is -1.57. The van der Waals surface area contributed by atoms with Gasteiger partial charge in [0.15, 0.2) is 0 Å². The maximum Gasteiger partial charge on any atom is 0.233 e. The highest BCUT2D eigenvalue weighted by molar-refractivity contribution is 6.07. The van der Waals surface area contributed by atoms with Gasteiger partial charge in [0.1, 0.15) is 11.5 Å². The summed E-state index contributed by atoms with van der Waals surface area (Å²) in [5, 5.41) is 2.40. The van der Waals surface area contributed by atoms with Crippen molar-refractivity contribution in [3.63, 3.8) is 0 Å². The number of aromatic nitrogens is 2. The van der Waals surface area contributed by atoms with E-state index in [1.54, 1.807) is 13.0 Å². The Kier molecular flexibility index (Phi) is 3.25. The molecule has 0 aliphatic carbocycles. The van der Waals surface area contributed by atoms with Crippen LogP contribution in [0, 0.1) is 11.8 Å². The number of fused-ring (bicyclic) bond motifs is 1. The van der Waals surface area contributed by atoms with Crippen LogP contribution in [0.1, 0.15) is 12.6 Å². The molecule has 0 fully saturated rings. The highest BCUT2D eigenvalue weighted by Gasteiger charge is 2.38. The smallest absolute Gasteiger partial charge is 0.233 e. The number of nitrogens with one attached hydrogen (secondary N) is 1. The van der Waals surface area contributed by atoms with Gasteiger partial charge in [0.25, 0.3) is 0 Å². The first kappa shape index (κ1) is 13.4. The Morgan fingerprint density at radius 3 is 2.95 bits per heavy atom. The molecule has 1 aromatic rings. The second-order valence-electron chi connectivity index (χ2n) is 4.79. The standard InChI is InChI=1S/C14H13FN4O2/c1-7-13-8(9(15)4-17-14(13)20)3-10(18-7)11-5-16-6-12(19-11)21-2/h3-6,8,13H,1-2H3,(H,17,20). The summed E-state index contributed by atoms with van der Waals surface area (Å²) in [6, 6.07) is 0. The predicted octanol–water partition coefficient (Wildman–Crippen LogP) is 1.47. The van der Waals surface area contributed by atoms with Crippen LogP contribution >= 0.6 is 0 Å². The number of nitrogens with zero attached hydrogens (tertiary/aromatic N) is 3. The van der Waals surface area contributed by atoms with E-state index in [0.717, 1.165) is 6.20 Å². The van der Waals surface area contributed by atoms with Crippen molar-refractivity contribution in [2.75, 3.05) is 7.11 Å². The van der Waals surface area contributed by atoms with Gasteiger partial charge in [-0.15, -0.1) is 0 Å². The van der Waals surface area contributed by atoms with E-state index < -0.39 is 17.7 Å². The highest BCUT2D eigenvalue weighted by atomic mass is 19.1.